The van der Waals surface area contributed by atoms with Crippen LogP contribution in [0.25, 0.3) is 0 Å². The minimum Gasteiger partial charge on any atom is -0.342 e. The van der Waals surface area contributed by atoms with Gasteiger partial charge in [-0.05, 0) is 76.0 Å². The molecule has 1 unspecified atom stereocenters. The quantitative estimate of drug-likeness (QED) is 0.380. The van der Waals surface area contributed by atoms with E-state index in [9.17, 15) is 18.0 Å². The summed E-state index contributed by atoms with van der Waals surface area (Å²) in [4.78, 5) is 32.8. The Kier molecular flexibility index (Phi) is 9.92. The van der Waals surface area contributed by atoms with E-state index in [-0.39, 0.29) is 17.9 Å². The number of carbonyl (C=O) groups is 2. The molecule has 46 heavy (non-hydrogen) atoms. The number of hydrogen-bond acceptors (Lipinski definition) is 6. The molecule has 0 bridgehead atoms. The Hall–Kier alpha value is -2.76. The van der Waals surface area contributed by atoms with Crippen LogP contribution in [0.4, 0.5) is 0 Å². The maximum Gasteiger partial charge on any atom is 0.246 e. The van der Waals surface area contributed by atoms with Gasteiger partial charge < -0.3 is 10.2 Å². The molecule has 11 heteroatoms. The normalized spacial score (nSPS) is 24.1. The molecule has 2 N–H and O–H groups in total. The predicted molar refractivity (Wildman–Crippen MR) is 178 cm³/mol. The summed E-state index contributed by atoms with van der Waals surface area (Å²) < 4.78 is 28.1. The number of nitrogens with one attached hydrogen (secondary N) is 2. The van der Waals surface area contributed by atoms with E-state index in [2.05, 4.69) is 27.3 Å². The highest BCUT2D eigenvalue weighted by Crippen LogP contribution is 2.41. The first-order chi connectivity index (χ1) is 22.2. The second kappa shape index (κ2) is 13.8. The molecule has 252 valence electrons. The van der Waals surface area contributed by atoms with E-state index in [0.29, 0.717) is 56.4 Å². The van der Waals surface area contributed by atoms with Gasteiger partial charge in [0, 0.05) is 44.0 Å². The maximum absolute atomic E-state index is 14.1. The van der Waals surface area contributed by atoms with Crippen LogP contribution in [0.15, 0.2) is 29.2 Å². The van der Waals surface area contributed by atoms with Crippen LogP contribution in [-0.2, 0) is 19.6 Å². The number of piperazine rings is 1. The average Bonchev–Trinajstić information content (AvgIpc) is 3.73. The summed E-state index contributed by atoms with van der Waals surface area (Å²) in [6.45, 7) is 9.15. The minimum atomic E-state index is -3.52. The second-order valence-electron chi connectivity index (χ2n) is 14.1. The molecule has 1 aliphatic carbocycles. The number of H-pyrrole nitrogens is 1. The van der Waals surface area contributed by atoms with E-state index >= 15 is 0 Å². The number of carbonyl (C=O) groups excluding carboxylic acids is 2. The SMILES string of the molecule is CCCCN1C(=O)[C@H](CC2CCCCC2)NC(=O)C12CCN(C(c1ccc(S(=O)(=O)N3CCCC3)cc1)c1c(C)n[nH]c1C)CC2. The number of nitrogens with zero attached hydrogens (tertiary/aromatic N) is 4. The monoisotopic (exact) mass is 652 g/mol. The summed E-state index contributed by atoms with van der Waals surface area (Å²) in [5, 5.41) is 10.9. The van der Waals surface area contributed by atoms with Gasteiger partial charge in [0.25, 0.3) is 0 Å². The summed E-state index contributed by atoms with van der Waals surface area (Å²) in [6, 6.07) is 6.76. The maximum atomic E-state index is 14.1. The van der Waals surface area contributed by atoms with Crippen LogP contribution in [0.1, 0.15) is 113 Å². The van der Waals surface area contributed by atoms with Crippen LogP contribution in [0, 0.1) is 19.8 Å². The van der Waals surface area contributed by atoms with Crippen LogP contribution in [0.3, 0.4) is 0 Å². The molecule has 1 saturated carbocycles. The summed E-state index contributed by atoms with van der Waals surface area (Å²) in [5.74, 6) is 0.609. The summed E-state index contributed by atoms with van der Waals surface area (Å²) in [5.41, 5.74) is 3.09. The number of piperidine rings is 1. The van der Waals surface area contributed by atoms with Gasteiger partial charge in [-0.2, -0.15) is 9.40 Å². The van der Waals surface area contributed by atoms with Crippen molar-refractivity contribution in [3.8, 4) is 0 Å². The molecule has 10 nitrogen and oxygen atoms in total. The summed E-state index contributed by atoms with van der Waals surface area (Å²) >= 11 is 0. The van der Waals surface area contributed by atoms with Gasteiger partial charge in [0.15, 0.2) is 0 Å². The number of likely N-dealkylation sites (tertiary alicyclic amines) is 1. The lowest BCUT2D eigenvalue weighted by Gasteiger charge is -2.53. The van der Waals surface area contributed by atoms with E-state index in [0.717, 1.165) is 67.5 Å². The molecule has 1 spiro atoms. The van der Waals surface area contributed by atoms with Gasteiger partial charge in [-0.25, -0.2) is 8.42 Å². The van der Waals surface area contributed by atoms with Crippen molar-refractivity contribution in [2.24, 2.45) is 5.92 Å². The van der Waals surface area contributed by atoms with Gasteiger partial charge in [-0.3, -0.25) is 19.6 Å². The molecule has 0 radical (unpaired) electrons. The molecule has 3 saturated heterocycles. The van der Waals surface area contributed by atoms with E-state index in [1.165, 1.54) is 19.3 Å². The minimum absolute atomic E-state index is 0.00681. The average molecular weight is 653 g/mol. The van der Waals surface area contributed by atoms with E-state index in [1.807, 2.05) is 30.9 Å². The molecule has 2 atom stereocenters. The third kappa shape index (κ3) is 6.27. The lowest BCUT2D eigenvalue weighted by Crippen LogP contribution is -2.73. The molecule has 6 rings (SSSR count). The van der Waals surface area contributed by atoms with Crippen LogP contribution < -0.4 is 5.32 Å². The highest BCUT2D eigenvalue weighted by molar-refractivity contribution is 7.89. The summed E-state index contributed by atoms with van der Waals surface area (Å²) in [6.07, 6.45) is 11.5. The van der Waals surface area contributed by atoms with Crippen molar-refractivity contribution in [1.82, 2.24) is 29.6 Å². The smallest absolute Gasteiger partial charge is 0.246 e. The van der Waals surface area contributed by atoms with Crippen molar-refractivity contribution in [2.45, 2.75) is 120 Å². The lowest BCUT2D eigenvalue weighted by molar-refractivity contribution is -0.162. The van der Waals surface area contributed by atoms with Crippen molar-refractivity contribution < 1.29 is 18.0 Å². The van der Waals surface area contributed by atoms with Gasteiger partial charge in [0.2, 0.25) is 21.8 Å². The number of aryl methyl sites for hydroxylation is 2. The molecule has 1 aromatic carbocycles. The molecule has 4 heterocycles. The first-order valence-electron chi connectivity index (χ1n) is 17.6. The number of aromatic amines is 1. The Balaban J connectivity index is 1.25. The Labute approximate surface area is 274 Å². The summed E-state index contributed by atoms with van der Waals surface area (Å²) in [7, 11) is -3.52. The van der Waals surface area contributed by atoms with Gasteiger partial charge in [0.1, 0.15) is 11.6 Å². The standard InChI is InChI=1S/C35H52N6O4S/c1-4-5-21-41-33(42)30(24-27-11-7-6-8-12-27)36-34(43)35(41)17-22-39(23-18-35)32(31-25(2)37-38-26(31)3)28-13-15-29(16-14-28)46(44,45)40-19-9-10-20-40/h13-16,27,30,32H,4-12,17-24H2,1-3H3,(H,36,43)(H,37,38)/t30-,32?/m0/s1. The largest absolute Gasteiger partial charge is 0.342 e. The predicted octanol–water partition coefficient (Wildman–Crippen LogP) is 4.83. The zero-order valence-corrected chi connectivity index (χ0v) is 28.7. The van der Waals surface area contributed by atoms with Crippen molar-refractivity contribution in [2.75, 3.05) is 32.7 Å². The molecule has 4 aliphatic rings. The number of aromatic nitrogens is 2. The molecule has 2 amide bonds. The van der Waals surface area contributed by atoms with Crippen LogP contribution in [0.5, 0.6) is 0 Å². The van der Waals surface area contributed by atoms with Gasteiger partial charge in [0.05, 0.1) is 16.6 Å². The fourth-order valence-corrected chi connectivity index (χ4v) is 10.0. The Bertz CT molecular complexity index is 1470. The Morgan fingerprint density at radius 3 is 2.24 bits per heavy atom. The fourth-order valence-electron chi connectivity index (χ4n) is 8.50. The Morgan fingerprint density at radius 2 is 1.63 bits per heavy atom. The van der Waals surface area contributed by atoms with E-state index in [1.54, 1.807) is 16.4 Å². The first-order valence-corrected chi connectivity index (χ1v) is 19.1. The van der Waals surface area contributed by atoms with E-state index in [4.69, 9.17) is 0 Å². The molecular weight excluding hydrogens is 600 g/mol. The molecule has 3 aliphatic heterocycles. The molecule has 2 aromatic rings. The first kappa shape index (κ1) is 33.2. The number of benzene rings is 1. The highest BCUT2D eigenvalue weighted by atomic mass is 32.2. The lowest BCUT2D eigenvalue weighted by atomic mass is 9.78. The van der Waals surface area contributed by atoms with Crippen molar-refractivity contribution in [1.29, 1.82) is 0 Å². The van der Waals surface area contributed by atoms with Crippen molar-refractivity contribution in [3.63, 3.8) is 0 Å². The molecule has 4 fully saturated rings. The molecular formula is C35H52N6O4S. The van der Waals surface area contributed by atoms with E-state index < -0.39 is 21.6 Å². The number of rotatable bonds is 10. The number of amides is 2. The van der Waals surface area contributed by atoms with Crippen molar-refractivity contribution >= 4 is 21.8 Å². The van der Waals surface area contributed by atoms with Crippen molar-refractivity contribution in [3.05, 3.63) is 46.8 Å². The zero-order valence-electron chi connectivity index (χ0n) is 27.9. The van der Waals surface area contributed by atoms with Gasteiger partial charge in [-0.1, -0.05) is 57.6 Å². The van der Waals surface area contributed by atoms with Crippen LogP contribution in [0.2, 0.25) is 0 Å². The number of sulfonamides is 1. The van der Waals surface area contributed by atoms with Gasteiger partial charge in [-0.15, -0.1) is 0 Å². The third-order valence-corrected chi connectivity index (χ3v) is 13.1. The molecule has 1 aromatic heterocycles. The number of hydrogen-bond donors (Lipinski definition) is 2. The van der Waals surface area contributed by atoms with Gasteiger partial charge >= 0.3 is 0 Å². The fraction of sp³-hybridized carbons (Fsp3) is 0.686. The second-order valence-corrected chi connectivity index (χ2v) is 16.0. The zero-order chi connectivity index (χ0) is 32.5. The van der Waals surface area contributed by atoms with Crippen LogP contribution >= 0.6 is 0 Å². The topological polar surface area (TPSA) is 119 Å². The van der Waals surface area contributed by atoms with Crippen LogP contribution in [-0.4, -0.2) is 88.8 Å². The number of unbranched alkanes of at least 4 members (excludes halogenated alkanes) is 1. The highest BCUT2D eigenvalue weighted by Gasteiger charge is 2.54. The Morgan fingerprint density at radius 1 is 0.957 bits per heavy atom. The third-order valence-electron chi connectivity index (χ3n) is 11.2.